The van der Waals surface area contributed by atoms with Crippen LogP contribution in [0.2, 0.25) is 0 Å². The second-order valence-corrected chi connectivity index (χ2v) is 9.70. The predicted octanol–water partition coefficient (Wildman–Crippen LogP) is 4.32. The Hall–Kier alpha value is -4.82. The summed E-state index contributed by atoms with van der Waals surface area (Å²) in [5, 5.41) is 8.98. The molecule has 194 valence electrons. The fourth-order valence-corrected chi connectivity index (χ4v) is 5.07. The minimum Gasteiger partial charge on any atom is -0.451 e. The molecule has 0 bridgehead atoms. The fraction of sp³-hybridized carbons (Fsp3) is 0.100. The van der Waals surface area contributed by atoms with Gasteiger partial charge in [-0.15, -0.1) is 11.6 Å². The molecule has 2 heterocycles. The first-order valence-corrected chi connectivity index (χ1v) is 12.9. The molecule has 5 N–H and O–H groups in total. The molecule has 9 heteroatoms. The molecule has 5 aromatic rings. The van der Waals surface area contributed by atoms with E-state index in [-0.39, 0.29) is 23.9 Å². The van der Waals surface area contributed by atoms with Crippen molar-refractivity contribution in [1.29, 1.82) is 0 Å². The highest BCUT2D eigenvalue weighted by atomic mass is 35.5. The van der Waals surface area contributed by atoms with Gasteiger partial charge in [0.2, 0.25) is 0 Å². The number of hydrogen-bond acceptors (Lipinski definition) is 5. The van der Waals surface area contributed by atoms with Gasteiger partial charge in [0.05, 0.1) is 0 Å². The summed E-state index contributed by atoms with van der Waals surface area (Å²) in [5.41, 5.74) is 10.5. The highest BCUT2D eigenvalue weighted by Gasteiger charge is 2.17. The number of furan rings is 1. The van der Waals surface area contributed by atoms with Crippen LogP contribution in [0.1, 0.15) is 33.0 Å². The summed E-state index contributed by atoms with van der Waals surface area (Å²) in [6.07, 6.45) is 3.96. The van der Waals surface area contributed by atoms with Crippen LogP contribution in [0.4, 0.5) is 17.1 Å². The van der Waals surface area contributed by atoms with Crippen LogP contribution >= 0.6 is 11.6 Å². The maximum Gasteiger partial charge on any atom is 0.291 e. The molecule has 6 rings (SSSR count). The number of Topliss-reactive ketones (excluding diaryl/α,β-unsaturated/α-hetero) is 1. The largest absolute Gasteiger partial charge is 0.451 e. The minimum atomic E-state index is -0.438. The number of aryl methyl sites for hydroxylation is 1. The van der Waals surface area contributed by atoms with Gasteiger partial charge in [0.25, 0.3) is 11.8 Å². The van der Waals surface area contributed by atoms with Gasteiger partial charge in [-0.1, -0.05) is 24.3 Å². The summed E-state index contributed by atoms with van der Waals surface area (Å²) in [6.45, 7) is 0. The van der Waals surface area contributed by atoms with Gasteiger partial charge in [-0.05, 0) is 65.9 Å². The Labute approximate surface area is 227 Å². The van der Waals surface area contributed by atoms with E-state index in [2.05, 4.69) is 15.6 Å². The summed E-state index contributed by atoms with van der Waals surface area (Å²) in [7, 11) is 0. The van der Waals surface area contributed by atoms with Crippen molar-refractivity contribution < 1.29 is 18.8 Å². The Morgan fingerprint density at radius 1 is 1.00 bits per heavy atom. The highest BCUT2D eigenvalue weighted by molar-refractivity contribution is 6.18. The number of alkyl halides is 1. The second-order valence-electron chi connectivity index (χ2n) is 9.32. The molecule has 0 atom stereocenters. The first kappa shape index (κ1) is 24.5. The molecule has 1 aliphatic carbocycles. The summed E-state index contributed by atoms with van der Waals surface area (Å²) in [6, 6.07) is 18.1. The average molecular weight is 539 g/mol. The summed E-state index contributed by atoms with van der Waals surface area (Å²) in [5.74, 6) is -0.295. The number of benzene rings is 3. The van der Waals surface area contributed by atoms with Crippen LogP contribution in [0.3, 0.4) is 0 Å². The smallest absolute Gasteiger partial charge is 0.291 e. The van der Waals surface area contributed by atoms with Gasteiger partial charge in [0.1, 0.15) is 11.1 Å². The predicted molar refractivity (Wildman–Crippen MR) is 154 cm³/mol. The molecular formula is C30H23ClN4O4. The van der Waals surface area contributed by atoms with E-state index in [1.54, 1.807) is 42.5 Å². The molecule has 39 heavy (non-hydrogen) atoms. The number of rotatable bonds is 6. The maximum absolute atomic E-state index is 13.2. The van der Waals surface area contributed by atoms with Crippen molar-refractivity contribution in [2.45, 2.75) is 12.8 Å². The van der Waals surface area contributed by atoms with Crippen LogP contribution in [0.15, 0.2) is 65.1 Å². The standard InChI is InChI=1S/C30H23ClN4O4/c31-10-9-22-20-3-1-2-4-21(20)23(32)15-25(22)35-29(37)26-13-16-11-18(5-7-24(16)34-26)33-30(38)28-14-17-12-19(36)6-8-27(17)39-28/h1-5,7-8,11-15,34H,6,9-10,32H2,(H,33,38)(H,35,37). The molecule has 8 nitrogen and oxygen atoms in total. The lowest BCUT2D eigenvalue weighted by atomic mass is 9.99. The lowest BCUT2D eigenvalue weighted by Crippen LogP contribution is -2.24. The van der Waals surface area contributed by atoms with E-state index >= 15 is 0 Å². The first-order chi connectivity index (χ1) is 18.9. The number of nitrogens with two attached hydrogens (primary N) is 1. The summed E-state index contributed by atoms with van der Waals surface area (Å²) < 4.78 is 5.60. The van der Waals surface area contributed by atoms with Crippen molar-refractivity contribution in [3.8, 4) is 0 Å². The van der Waals surface area contributed by atoms with Gasteiger partial charge in [-0.25, -0.2) is 0 Å². The number of carbonyl (C=O) groups is 3. The molecule has 0 unspecified atom stereocenters. The lowest BCUT2D eigenvalue weighted by Gasteiger charge is -2.15. The number of halogens is 1. The van der Waals surface area contributed by atoms with Gasteiger partial charge < -0.3 is 25.8 Å². The number of ketones is 1. The van der Waals surface area contributed by atoms with E-state index in [1.807, 2.05) is 24.3 Å². The van der Waals surface area contributed by atoms with Gasteiger partial charge in [0.15, 0.2) is 11.5 Å². The van der Waals surface area contributed by atoms with Crippen LogP contribution in [0, 0.1) is 0 Å². The zero-order valence-electron chi connectivity index (χ0n) is 20.6. The lowest BCUT2D eigenvalue weighted by molar-refractivity contribution is -0.112. The number of fused-ring (bicyclic) bond motifs is 3. The van der Waals surface area contributed by atoms with Crippen molar-refractivity contribution >= 4 is 80.1 Å². The molecule has 0 saturated heterocycles. The van der Waals surface area contributed by atoms with Crippen molar-refractivity contribution in [3.63, 3.8) is 0 Å². The number of hydrogen-bond donors (Lipinski definition) is 4. The zero-order valence-corrected chi connectivity index (χ0v) is 21.4. The number of amides is 2. The third kappa shape index (κ3) is 4.66. The van der Waals surface area contributed by atoms with E-state index in [0.29, 0.717) is 45.7 Å². The monoisotopic (exact) mass is 538 g/mol. The average Bonchev–Trinajstić information content (AvgIpc) is 3.55. The molecule has 0 radical (unpaired) electrons. The number of H-pyrrole nitrogens is 1. The van der Waals surface area contributed by atoms with E-state index in [4.69, 9.17) is 21.8 Å². The van der Waals surface area contributed by atoms with Crippen LogP contribution in [0.25, 0.3) is 33.8 Å². The second kappa shape index (κ2) is 9.81. The maximum atomic E-state index is 13.2. The van der Waals surface area contributed by atoms with Crippen molar-refractivity contribution in [2.75, 3.05) is 22.2 Å². The van der Waals surface area contributed by atoms with E-state index in [9.17, 15) is 14.4 Å². The van der Waals surface area contributed by atoms with E-state index in [1.165, 1.54) is 6.08 Å². The Balaban J connectivity index is 1.25. The van der Waals surface area contributed by atoms with Crippen molar-refractivity contribution in [1.82, 2.24) is 4.98 Å². The quantitative estimate of drug-likeness (QED) is 0.189. The molecule has 0 spiro atoms. The molecule has 2 aromatic heterocycles. The number of carbonyl (C=O) groups excluding carboxylic acids is 3. The Bertz CT molecular complexity index is 1940. The van der Waals surface area contributed by atoms with Gasteiger partial charge in [0, 0.05) is 50.9 Å². The molecule has 2 amide bonds. The third-order valence-corrected chi connectivity index (χ3v) is 6.91. The summed E-state index contributed by atoms with van der Waals surface area (Å²) in [4.78, 5) is 40.7. The Morgan fingerprint density at radius 2 is 1.82 bits per heavy atom. The normalized spacial score (nSPS) is 12.6. The number of aromatic nitrogens is 1. The van der Waals surface area contributed by atoms with Crippen LogP contribution in [-0.4, -0.2) is 28.5 Å². The number of nitrogens with one attached hydrogen (secondary N) is 3. The molecule has 0 fully saturated rings. The Morgan fingerprint density at radius 3 is 2.64 bits per heavy atom. The number of aromatic amines is 1. The molecular weight excluding hydrogens is 516 g/mol. The SMILES string of the molecule is Nc1cc(NC(=O)c2cc3cc(NC(=O)c4cc5c(o4)=CCC(=O)C=5)ccc3[nH]2)c(CCCl)c2ccccc12. The van der Waals surface area contributed by atoms with Gasteiger partial charge in [-0.2, -0.15) is 0 Å². The van der Waals surface area contributed by atoms with E-state index in [0.717, 1.165) is 27.2 Å². The minimum absolute atomic E-state index is 0.0348. The molecule has 0 aliphatic heterocycles. The molecule has 0 saturated carbocycles. The van der Waals surface area contributed by atoms with Crippen LogP contribution < -0.4 is 27.0 Å². The fourth-order valence-electron chi connectivity index (χ4n) is 4.88. The van der Waals surface area contributed by atoms with Crippen molar-refractivity contribution in [3.05, 3.63) is 88.3 Å². The Kier molecular flexibility index (Phi) is 6.17. The highest BCUT2D eigenvalue weighted by Crippen LogP contribution is 2.32. The van der Waals surface area contributed by atoms with Crippen LogP contribution in [-0.2, 0) is 11.2 Å². The molecule has 1 aliphatic rings. The topological polar surface area (TPSA) is 130 Å². The molecule has 3 aromatic carbocycles. The third-order valence-electron chi connectivity index (χ3n) is 6.72. The van der Waals surface area contributed by atoms with Gasteiger partial charge >= 0.3 is 0 Å². The first-order valence-electron chi connectivity index (χ1n) is 12.4. The zero-order chi connectivity index (χ0) is 27.1. The van der Waals surface area contributed by atoms with Crippen molar-refractivity contribution in [2.24, 2.45) is 0 Å². The number of nitrogen functional groups attached to an aromatic ring is 1. The van der Waals surface area contributed by atoms with E-state index < -0.39 is 5.91 Å². The van der Waals surface area contributed by atoms with Crippen LogP contribution in [0.5, 0.6) is 0 Å². The number of anilines is 3. The van der Waals surface area contributed by atoms with Gasteiger partial charge in [-0.3, -0.25) is 14.4 Å². The summed E-state index contributed by atoms with van der Waals surface area (Å²) >= 11 is 6.07.